The largest absolute Gasteiger partial charge is 0.573 e. The Morgan fingerprint density at radius 3 is 2.75 bits per heavy atom. The molecule has 3 heterocycles. The Hall–Kier alpha value is -3.89. The van der Waals surface area contributed by atoms with Crippen molar-refractivity contribution in [3.05, 3.63) is 99.7 Å². The summed E-state index contributed by atoms with van der Waals surface area (Å²) in [6.07, 6.45) is 0.943. The van der Waals surface area contributed by atoms with E-state index in [1.165, 1.54) is 35.0 Å². The lowest BCUT2D eigenvalue weighted by Gasteiger charge is -2.27. The standard InChI is InChI=1S/C29H25ClF4N4O2/c1-18-4-5-19(13-24(18)31)3-2-11-37-12-9-26-23(17-37)22-15-21(40-29(32,33)34)6-7-25(22)38(26)28(39)36-16-20-8-10-35-27(30)14-20/h2-8,10,13-15H,9,11-12,16-17H2,1H3,(H,36,39)/b3-2+. The van der Waals surface area contributed by atoms with Gasteiger partial charge in [-0.05, 0) is 65.6 Å². The van der Waals surface area contributed by atoms with Crippen LogP contribution in [0, 0.1) is 12.7 Å². The molecule has 0 aliphatic carbocycles. The number of alkyl halides is 3. The molecule has 0 fully saturated rings. The van der Waals surface area contributed by atoms with Crippen LogP contribution in [0.2, 0.25) is 5.15 Å². The molecule has 0 bridgehead atoms. The number of rotatable bonds is 6. The van der Waals surface area contributed by atoms with Crippen LogP contribution in [0.25, 0.3) is 17.0 Å². The molecule has 2 aromatic heterocycles. The number of pyridine rings is 1. The SMILES string of the molecule is Cc1ccc(/C=C/CN2CCc3c(c4cc(OC(F)(F)F)ccc4n3C(=O)NCc3ccnc(Cl)c3)C2)cc1F. The van der Waals surface area contributed by atoms with Crippen LogP contribution in [0.1, 0.15) is 27.9 Å². The topological polar surface area (TPSA) is 59.4 Å². The predicted octanol–water partition coefficient (Wildman–Crippen LogP) is 6.87. The molecule has 6 nitrogen and oxygen atoms in total. The van der Waals surface area contributed by atoms with Crippen molar-refractivity contribution in [1.29, 1.82) is 0 Å². The number of nitrogens with zero attached hydrogens (tertiary/aromatic N) is 3. The number of aryl methyl sites for hydroxylation is 1. The second-order valence-corrected chi connectivity index (χ2v) is 9.92. The van der Waals surface area contributed by atoms with Crippen molar-refractivity contribution in [1.82, 2.24) is 19.8 Å². The predicted molar refractivity (Wildman–Crippen MR) is 145 cm³/mol. The van der Waals surface area contributed by atoms with Crippen LogP contribution in [0.5, 0.6) is 5.75 Å². The molecule has 0 saturated carbocycles. The number of hydrogen-bond donors (Lipinski definition) is 1. The van der Waals surface area contributed by atoms with E-state index in [1.54, 1.807) is 25.1 Å². The third-order valence-corrected chi connectivity index (χ3v) is 6.95. The van der Waals surface area contributed by atoms with Crippen LogP contribution in [0.15, 0.2) is 60.8 Å². The highest BCUT2D eigenvalue weighted by atomic mass is 35.5. The maximum absolute atomic E-state index is 13.9. The van der Waals surface area contributed by atoms with Gasteiger partial charge in [-0.3, -0.25) is 9.47 Å². The van der Waals surface area contributed by atoms with E-state index in [1.807, 2.05) is 18.2 Å². The maximum atomic E-state index is 13.9. The van der Waals surface area contributed by atoms with E-state index in [4.69, 9.17) is 11.6 Å². The van der Waals surface area contributed by atoms with Crippen molar-refractivity contribution in [3.8, 4) is 5.75 Å². The van der Waals surface area contributed by atoms with Gasteiger partial charge in [0.05, 0.1) is 5.52 Å². The highest BCUT2D eigenvalue weighted by Gasteiger charge is 2.32. The quantitative estimate of drug-likeness (QED) is 0.202. The number of amides is 1. The zero-order valence-corrected chi connectivity index (χ0v) is 22.2. The summed E-state index contributed by atoms with van der Waals surface area (Å²) in [7, 11) is 0. The van der Waals surface area contributed by atoms with E-state index < -0.39 is 12.4 Å². The van der Waals surface area contributed by atoms with E-state index in [0.29, 0.717) is 47.7 Å². The third kappa shape index (κ3) is 6.29. The van der Waals surface area contributed by atoms with Crippen LogP contribution in [-0.2, 0) is 19.5 Å². The summed E-state index contributed by atoms with van der Waals surface area (Å²) in [5.41, 5.74) is 4.03. The molecule has 1 aliphatic rings. The Bertz CT molecular complexity index is 1600. The summed E-state index contributed by atoms with van der Waals surface area (Å²) >= 11 is 5.94. The first-order valence-electron chi connectivity index (χ1n) is 12.5. The Morgan fingerprint density at radius 2 is 2.00 bits per heavy atom. The number of hydrogen-bond acceptors (Lipinski definition) is 4. The van der Waals surface area contributed by atoms with Gasteiger partial charge >= 0.3 is 12.4 Å². The Morgan fingerprint density at radius 1 is 1.18 bits per heavy atom. The van der Waals surface area contributed by atoms with Crippen molar-refractivity contribution in [2.75, 3.05) is 13.1 Å². The lowest BCUT2D eigenvalue weighted by atomic mass is 10.0. The zero-order chi connectivity index (χ0) is 28.4. The summed E-state index contributed by atoms with van der Waals surface area (Å²) in [6, 6.07) is 12.0. The molecule has 208 valence electrons. The van der Waals surface area contributed by atoms with Crippen LogP contribution in [0.3, 0.4) is 0 Å². The van der Waals surface area contributed by atoms with Crippen molar-refractivity contribution >= 4 is 34.6 Å². The van der Waals surface area contributed by atoms with Gasteiger partial charge in [0.15, 0.2) is 0 Å². The number of carbonyl (C=O) groups is 1. The first-order chi connectivity index (χ1) is 19.1. The molecule has 40 heavy (non-hydrogen) atoms. The number of ether oxygens (including phenoxy) is 1. The van der Waals surface area contributed by atoms with Gasteiger partial charge in [-0.15, -0.1) is 13.2 Å². The van der Waals surface area contributed by atoms with E-state index in [0.717, 1.165) is 22.4 Å². The molecule has 0 spiro atoms. The molecule has 0 atom stereocenters. The van der Waals surface area contributed by atoms with E-state index in [2.05, 4.69) is 19.9 Å². The monoisotopic (exact) mass is 572 g/mol. The number of aromatic nitrogens is 2. The summed E-state index contributed by atoms with van der Waals surface area (Å²) < 4.78 is 58.4. The number of halogens is 5. The molecule has 1 N–H and O–H groups in total. The molecule has 4 aromatic rings. The second kappa shape index (κ2) is 11.3. The number of fused-ring (bicyclic) bond motifs is 3. The highest BCUT2D eigenvalue weighted by Crippen LogP contribution is 2.35. The van der Waals surface area contributed by atoms with E-state index in [9.17, 15) is 22.4 Å². The fraction of sp³-hybridized carbons (Fsp3) is 0.241. The van der Waals surface area contributed by atoms with E-state index >= 15 is 0 Å². The first-order valence-corrected chi connectivity index (χ1v) is 12.9. The van der Waals surface area contributed by atoms with E-state index in [-0.39, 0.29) is 18.1 Å². The fourth-order valence-corrected chi connectivity index (χ4v) is 5.03. The van der Waals surface area contributed by atoms with Crippen LogP contribution < -0.4 is 10.1 Å². The van der Waals surface area contributed by atoms with Crippen molar-refractivity contribution in [2.24, 2.45) is 0 Å². The Kier molecular flexibility index (Phi) is 7.82. The van der Waals surface area contributed by atoms with Gasteiger partial charge in [-0.1, -0.05) is 35.9 Å². The smallest absolute Gasteiger partial charge is 0.406 e. The number of benzene rings is 2. The molecule has 1 aliphatic heterocycles. The normalized spacial score (nSPS) is 14.1. The minimum Gasteiger partial charge on any atom is -0.406 e. The lowest BCUT2D eigenvalue weighted by Crippen LogP contribution is -2.34. The van der Waals surface area contributed by atoms with Crippen LogP contribution >= 0.6 is 11.6 Å². The lowest BCUT2D eigenvalue weighted by molar-refractivity contribution is -0.274. The highest BCUT2D eigenvalue weighted by molar-refractivity contribution is 6.29. The van der Waals surface area contributed by atoms with Gasteiger partial charge in [-0.2, -0.15) is 0 Å². The molecule has 5 rings (SSSR count). The fourth-order valence-electron chi connectivity index (χ4n) is 4.84. The molecule has 2 aromatic carbocycles. The molecule has 0 saturated heterocycles. The van der Waals surface area contributed by atoms with Crippen molar-refractivity contribution < 1.29 is 27.1 Å². The summed E-state index contributed by atoms with van der Waals surface area (Å²) in [5.74, 6) is -0.634. The summed E-state index contributed by atoms with van der Waals surface area (Å²) in [5, 5.41) is 3.67. The average molecular weight is 573 g/mol. The first kappa shape index (κ1) is 27.7. The van der Waals surface area contributed by atoms with Gasteiger partial charge < -0.3 is 10.1 Å². The molecule has 1 amide bonds. The van der Waals surface area contributed by atoms with Crippen LogP contribution in [-0.4, -0.2) is 39.9 Å². The zero-order valence-electron chi connectivity index (χ0n) is 21.4. The number of carbonyl (C=O) groups excluding carboxylic acids is 1. The second-order valence-electron chi connectivity index (χ2n) is 9.53. The van der Waals surface area contributed by atoms with Gasteiger partial charge in [0.25, 0.3) is 0 Å². The third-order valence-electron chi connectivity index (χ3n) is 6.74. The summed E-state index contributed by atoms with van der Waals surface area (Å²) in [4.78, 5) is 19.4. The van der Waals surface area contributed by atoms with Gasteiger partial charge in [0, 0.05) is 49.9 Å². The van der Waals surface area contributed by atoms with Gasteiger partial charge in [-0.25, -0.2) is 14.2 Å². The Balaban J connectivity index is 1.42. The van der Waals surface area contributed by atoms with Gasteiger partial charge in [0.2, 0.25) is 0 Å². The maximum Gasteiger partial charge on any atom is 0.573 e. The van der Waals surface area contributed by atoms with Crippen molar-refractivity contribution in [2.45, 2.75) is 32.8 Å². The molecule has 11 heteroatoms. The molecule has 0 radical (unpaired) electrons. The van der Waals surface area contributed by atoms with Crippen LogP contribution in [0.4, 0.5) is 22.4 Å². The Labute approximate surface area is 232 Å². The minimum atomic E-state index is -4.84. The average Bonchev–Trinajstić information content (AvgIpc) is 3.21. The molecular formula is C29H25ClF4N4O2. The summed E-state index contributed by atoms with van der Waals surface area (Å²) in [6.45, 7) is 3.46. The van der Waals surface area contributed by atoms with Gasteiger partial charge in [0.1, 0.15) is 16.7 Å². The minimum absolute atomic E-state index is 0.196. The van der Waals surface area contributed by atoms with Crippen molar-refractivity contribution in [3.63, 3.8) is 0 Å². The number of nitrogens with one attached hydrogen (secondary N) is 1. The molecule has 0 unspecified atom stereocenters. The molecular weight excluding hydrogens is 548 g/mol.